The van der Waals surface area contributed by atoms with E-state index in [9.17, 15) is 19.2 Å². The molecule has 0 radical (unpaired) electrons. The highest BCUT2D eigenvalue weighted by Crippen LogP contribution is 2.14. The van der Waals surface area contributed by atoms with Crippen molar-refractivity contribution in [3.05, 3.63) is 29.3 Å². The van der Waals surface area contributed by atoms with E-state index in [1.54, 1.807) is 15.9 Å². The Labute approximate surface area is 164 Å². The van der Waals surface area contributed by atoms with Crippen molar-refractivity contribution in [2.24, 2.45) is 0 Å². The number of aryl methyl sites for hydroxylation is 2. The summed E-state index contributed by atoms with van der Waals surface area (Å²) < 4.78 is 4.94. The van der Waals surface area contributed by atoms with Crippen LogP contribution in [0.1, 0.15) is 30.9 Å². The van der Waals surface area contributed by atoms with Gasteiger partial charge in [0.05, 0.1) is 6.42 Å². The van der Waals surface area contributed by atoms with Crippen LogP contribution < -0.4 is 5.32 Å². The fraction of sp³-hybridized carbons (Fsp3) is 0.500. The average molecular weight is 389 g/mol. The van der Waals surface area contributed by atoms with E-state index >= 15 is 0 Å². The number of ether oxygens (including phenoxy) is 1. The SMILES string of the molecule is CC(=O)N1CCN(C(=O)CCC(=O)OCC(=O)Nc2ccc(C)c(C)c2)CC1. The van der Waals surface area contributed by atoms with Gasteiger partial charge in [0, 0.05) is 45.2 Å². The Kier molecular flexibility index (Phi) is 7.54. The van der Waals surface area contributed by atoms with Gasteiger partial charge in [-0.05, 0) is 37.1 Å². The maximum absolute atomic E-state index is 12.2. The van der Waals surface area contributed by atoms with Crippen molar-refractivity contribution in [3.63, 3.8) is 0 Å². The van der Waals surface area contributed by atoms with Crippen molar-refractivity contribution in [1.29, 1.82) is 0 Å². The van der Waals surface area contributed by atoms with Crippen LogP contribution in [0.15, 0.2) is 18.2 Å². The molecule has 0 saturated carbocycles. The van der Waals surface area contributed by atoms with Gasteiger partial charge in [0.15, 0.2) is 6.61 Å². The number of hydrogen-bond donors (Lipinski definition) is 1. The molecule has 2 rings (SSSR count). The predicted octanol–water partition coefficient (Wildman–Crippen LogP) is 1.26. The fourth-order valence-corrected chi connectivity index (χ4v) is 2.87. The van der Waals surface area contributed by atoms with Crippen LogP contribution in [0.5, 0.6) is 0 Å². The first-order valence-corrected chi connectivity index (χ1v) is 9.32. The van der Waals surface area contributed by atoms with E-state index in [-0.39, 0.29) is 24.7 Å². The number of amides is 3. The summed E-state index contributed by atoms with van der Waals surface area (Å²) in [4.78, 5) is 50.5. The fourth-order valence-electron chi connectivity index (χ4n) is 2.87. The van der Waals surface area contributed by atoms with E-state index < -0.39 is 18.5 Å². The summed E-state index contributed by atoms with van der Waals surface area (Å²) in [5.41, 5.74) is 2.82. The van der Waals surface area contributed by atoms with Crippen molar-refractivity contribution in [2.45, 2.75) is 33.6 Å². The third-order valence-electron chi connectivity index (χ3n) is 4.78. The van der Waals surface area contributed by atoms with Gasteiger partial charge in [-0.1, -0.05) is 6.07 Å². The Hall–Kier alpha value is -2.90. The van der Waals surface area contributed by atoms with Crippen molar-refractivity contribution in [1.82, 2.24) is 9.80 Å². The van der Waals surface area contributed by atoms with Crippen LogP contribution in [0.3, 0.4) is 0 Å². The smallest absolute Gasteiger partial charge is 0.306 e. The van der Waals surface area contributed by atoms with Crippen molar-refractivity contribution < 1.29 is 23.9 Å². The molecule has 0 bridgehead atoms. The minimum Gasteiger partial charge on any atom is -0.456 e. The number of nitrogens with zero attached hydrogens (tertiary/aromatic N) is 2. The predicted molar refractivity (Wildman–Crippen MR) is 104 cm³/mol. The lowest BCUT2D eigenvalue weighted by Crippen LogP contribution is -2.50. The molecule has 0 aromatic heterocycles. The number of hydrogen-bond acceptors (Lipinski definition) is 5. The molecule has 8 heteroatoms. The number of nitrogens with one attached hydrogen (secondary N) is 1. The molecule has 3 amide bonds. The molecule has 1 aromatic carbocycles. The first-order valence-electron chi connectivity index (χ1n) is 9.32. The van der Waals surface area contributed by atoms with Gasteiger partial charge in [0.1, 0.15) is 0 Å². The van der Waals surface area contributed by atoms with E-state index in [0.29, 0.717) is 31.9 Å². The largest absolute Gasteiger partial charge is 0.456 e. The molecule has 152 valence electrons. The van der Waals surface area contributed by atoms with E-state index in [4.69, 9.17) is 4.74 Å². The van der Waals surface area contributed by atoms with E-state index in [1.165, 1.54) is 6.92 Å². The molecule has 1 heterocycles. The summed E-state index contributed by atoms with van der Waals surface area (Å²) >= 11 is 0. The number of benzene rings is 1. The Morgan fingerprint density at radius 2 is 1.61 bits per heavy atom. The van der Waals surface area contributed by atoms with E-state index in [0.717, 1.165) is 11.1 Å². The quantitative estimate of drug-likeness (QED) is 0.739. The second-order valence-corrected chi connectivity index (χ2v) is 6.89. The molecule has 0 unspecified atom stereocenters. The van der Waals surface area contributed by atoms with Gasteiger partial charge in [-0.3, -0.25) is 19.2 Å². The van der Waals surface area contributed by atoms with Crippen LogP contribution in [-0.2, 0) is 23.9 Å². The van der Waals surface area contributed by atoms with Crippen LogP contribution in [-0.4, -0.2) is 66.3 Å². The monoisotopic (exact) mass is 389 g/mol. The average Bonchev–Trinajstić information content (AvgIpc) is 2.67. The number of rotatable bonds is 6. The molecule has 1 fully saturated rings. The van der Waals surface area contributed by atoms with Crippen molar-refractivity contribution in [2.75, 3.05) is 38.1 Å². The van der Waals surface area contributed by atoms with Gasteiger partial charge in [-0.15, -0.1) is 0 Å². The van der Waals surface area contributed by atoms with Crippen LogP contribution in [0.25, 0.3) is 0 Å². The van der Waals surface area contributed by atoms with Gasteiger partial charge < -0.3 is 19.9 Å². The molecular weight excluding hydrogens is 362 g/mol. The summed E-state index contributed by atoms with van der Waals surface area (Å²) in [6, 6.07) is 5.53. The molecule has 1 saturated heterocycles. The molecule has 1 aromatic rings. The topological polar surface area (TPSA) is 96.0 Å². The second kappa shape index (κ2) is 9.87. The van der Waals surface area contributed by atoms with Crippen LogP contribution in [0, 0.1) is 13.8 Å². The van der Waals surface area contributed by atoms with Crippen molar-refractivity contribution in [3.8, 4) is 0 Å². The van der Waals surface area contributed by atoms with Gasteiger partial charge in [-0.25, -0.2) is 0 Å². The van der Waals surface area contributed by atoms with Crippen LogP contribution >= 0.6 is 0 Å². The van der Waals surface area contributed by atoms with Gasteiger partial charge in [0.25, 0.3) is 5.91 Å². The van der Waals surface area contributed by atoms with Gasteiger partial charge in [-0.2, -0.15) is 0 Å². The summed E-state index contributed by atoms with van der Waals surface area (Å²) in [7, 11) is 0. The van der Waals surface area contributed by atoms with Gasteiger partial charge >= 0.3 is 5.97 Å². The number of carbonyl (C=O) groups excluding carboxylic acids is 4. The summed E-state index contributed by atoms with van der Waals surface area (Å²) in [5.74, 6) is -1.18. The number of piperazine rings is 1. The highest BCUT2D eigenvalue weighted by Gasteiger charge is 2.22. The zero-order chi connectivity index (χ0) is 20.7. The summed E-state index contributed by atoms with van der Waals surface area (Å²) in [6.45, 7) is 6.97. The lowest BCUT2D eigenvalue weighted by molar-refractivity contribution is -0.149. The number of carbonyl (C=O) groups is 4. The first-order chi connectivity index (χ1) is 13.3. The molecular formula is C20H27N3O5. The zero-order valence-electron chi connectivity index (χ0n) is 16.6. The number of anilines is 1. The molecule has 1 aliphatic rings. The first kappa shape index (κ1) is 21.4. The molecule has 1 N–H and O–H groups in total. The Bertz CT molecular complexity index is 754. The normalized spacial score (nSPS) is 13.8. The molecule has 28 heavy (non-hydrogen) atoms. The Morgan fingerprint density at radius 3 is 2.21 bits per heavy atom. The molecule has 0 spiro atoms. The molecule has 1 aliphatic heterocycles. The molecule has 0 aliphatic carbocycles. The third-order valence-corrected chi connectivity index (χ3v) is 4.78. The number of esters is 1. The minimum atomic E-state index is -0.592. The van der Waals surface area contributed by atoms with Crippen LogP contribution in [0.4, 0.5) is 5.69 Å². The standard InChI is InChI=1S/C20H27N3O5/c1-14-4-5-17(12-15(14)2)21-18(25)13-28-20(27)7-6-19(26)23-10-8-22(9-11-23)16(3)24/h4-5,12H,6-11,13H2,1-3H3,(H,21,25). The summed E-state index contributed by atoms with van der Waals surface area (Å²) in [6.07, 6.45) is -0.0552. The van der Waals surface area contributed by atoms with Crippen LogP contribution in [0.2, 0.25) is 0 Å². The maximum atomic E-state index is 12.2. The minimum absolute atomic E-state index is 0.00486. The highest BCUT2D eigenvalue weighted by molar-refractivity contribution is 5.93. The third kappa shape index (κ3) is 6.37. The van der Waals surface area contributed by atoms with E-state index in [1.807, 2.05) is 26.0 Å². The second-order valence-electron chi connectivity index (χ2n) is 6.89. The lowest BCUT2D eigenvalue weighted by Gasteiger charge is -2.34. The Morgan fingerprint density at radius 1 is 0.964 bits per heavy atom. The van der Waals surface area contributed by atoms with E-state index in [2.05, 4.69) is 5.32 Å². The van der Waals surface area contributed by atoms with Gasteiger partial charge in [0.2, 0.25) is 11.8 Å². The van der Waals surface area contributed by atoms with Crippen molar-refractivity contribution >= 4 is 29.4 Å². The molecule has 8 nitrogen and oxygen atoms in total. The summed E-state index contributed by atoms with van der Waals surface area (Å²) in [5, 5.41) is 2.67. The maximum Gasteiger partial charge on any atom is 0.306 e. The highest BCUT2D eigenvalue weighted by atomic mass is 16.5. The Balaban J connectivity index is 1.66. The zero-order valence-corrected chi connectivity index (χ0v) is 16.6. The lowest BCUT2D eigenvalue weighted by atomic mass is 10.1. The molecule has 0 atom stereocenters.